The van der Waals surface area contributed by atoms with Crippen LogP contribution in [0.4, 0.5) is 5.69 Å². The molecule has 2 rings (SSSR count). The molecule has 1 heterocycles. The van der Waals surface area contributed by atoms with Crippen LogP contribution in [0.1, 0.15) is 17.5 Å². The zero-order valence-electron chi connectivity index (χ0n) is 9.17. The summed E-state index contributed by atoms with van der Waals surface area (Å²) in [5.41, 5.74) is 7.16. The number of anilines is 1. The molecule has 1 aromatic carbocycles. The zero-order valence-corrected chi connectivity index (χ0v) is 9.17. The fourth-order valence-corrected chi connectivity index (χ4v) is 1.65. The van der Waals surface area contributed by atoms with Crippen molar-refractivity contribution in [1.82, 2.24) is 9.55 Å². The van der Waals surface area contributed by atoms with E-state index in [1.165, 1.54) is 0 Å². The third-order valence-electron chi connectivity index (χ3n) is 2.59. The largest absolute Gasteiger partial charge is 0.399 e. The molecule has 0 fully saturated rings. The lowest BCUT2D eigenvalue weighted by Gasteiger charge is -2.13. The van der Waals surface area contributed by atoms with Crippen LogP contribution in [-0.2, 0) is 6.54 Å². The minimum absolute atomic E-state index is 0.495. The predicted molar refractivity (Wildman–Crippen MR) is 62.8 cm³/mol. The summed E-state index contributed by atoms with van der Waals surface area (Å²) in [6, 6.07) is 7.30. The van der Waals surface area contributed by atoms with Crippen molar-refractivity contribution in [3.05, 3.63) is 48.0 Å². The molecule has 0 radical (unpaired) electrons. The topological polar surface area (TPSA) is 64.1 Å². The van der Waals surface area contributed by atoms with Crippen LogP contribution in [0.3, 0.4) is 0 Å². The van der Waals surface area contributed by atoms with Gasteiger partial charge in [0.2, 0.25) is 0 Å². The zero-order chi connectivity index (χ0) is 11.5. The highest BCUT2D eigenvalue weighted by molar-refractivity contribution is 5.41. The van der Waals surface area contributed by atoms with Gasteiger partial charge in [-0.25, -0.2) is 4.98 Å². The van der Waals surface area contributed by atoms with Gasteiger partial charge in [-0.3, -0.25) is 0 Å². The van der Waals surface area contributed by atoms with Crippen LogP contribution in [0.15, 0.2) is 36.7 Å². The van der Waals surface area contributed by atoms with E-state index in [1.807, 2.05) is 29.8 Å². The van der Waals surface area contributed by atoms with Gasteiger partial charge in [-0.05, 0) is 24.6 Å². The van der Waals surface area contributed by atoms with Crippen LogP contribution in [-0.4, -0.2) is 14.7 Å². The molecule has 1 unspecified atom stereocenters. The molecular formula is C12H15N3O. The lowest BCUT2D eigenvalue weighted by atomic mass is 10.1. The van der Waals surface area contributed by atoms with Gasteiger partial charge < -0.3 is 15.4 Å². The molecule has 0 spiro atoms. The smallest absolute Gasteiger partial charge is 0.105 e. The van der Waals surface area contributed by atoms with Gasteiger partial charge in [0.05, 0.1) is 12.6 Å². The third-order valence-corrected chi connectivity index (χ3v) is 2.59. The van der Waals surface area contributed by atoms with Crippen molar-refractivity contribution in [2.45, 2.75) is 19.6 Å². The molecular weight excluding hydrogens is 202 g/mol. The van der Waals surface area contributed by atoms with Crippen LogP contribution >= 0.6 is 0 Å². The fraction of sp³-hybridized carbons (Fsp3) is 0.250. The van der Waals surface area contributed by atoms with Gasteiger partial charge in [0.15, 0.2) is 0 Å². The van der Waals surface area contributed by atoms with Crippen molar-refractivity contribution in [3.8, 4) is 0 Å². The summed E-state index contributed by atoms with van der Waals surface area (Å²) >= 11 is 0. The summed E-state index contributed by atoms with van der Waals surface area (Å²) in [6.45, 7) is 2.40. The highest BCUT2D eigenvalue weighted by atomic mass is 16.3. The number of nitrogens with two attached hydrogens (primary N) is 1. The van der Waals surface area contributed by atoms with Crippen molar-refractivity contribution >= 4 is 5.69 Å². The lowest BCUT2D eigenvalue weighted by molar-refractivity contribution is 0.155. The molecule has 0 saturated carbocycles. The highest BCUT2D eigenvalue weighted by Gasteiger charge is 2.09. The second-order valence-corrected chi connectivity index (χ2v) is 3.81. The van der Waals surface area contributed by atoms with E-state index in [0.717, 1.165) is 11.4 Å². The second kappa shape index (κ2) is 4.37. The number of hydrogen-bond acceptors (Lipinski definition) is 3. The number of nitrogen functional groups attached to an aromatic ring is 1. The Bertz CT molecular complexity index is 479. The summed E-state index contributed by atoms with van der Waals surface area (Å²) in [4.78, 5) is 4.11. The van der Waals surface area contributed by atoms with E-state index >= 15 is 0 Å². The van der Waals surface area contributed by atoms with Gasteiger partial charge in [0.25, 0.3) is 0 Å². The van der Waals surface area contributed by atoms with Crippen LogP contribution in [0, 0.1) is 6.92 Å². The number of imidazole rings is 1. The third kappa shape index (κ3) is 2.23. The summed E-state index contributed by atoms with van der Waals surface area (Å²) in [5.74, 6) is 0.892. The number of rotatable bonds is 3. The molecule has 3 N–H and O–H groups in total. The van der Waals surface area contributed by atoms with E-state index < -0.39 is 6.10 Å². The first kappa shape index (κ1) is 10.7. The Morgan fingerprint density at radius 2 is 2.31 bits per heavy atom. The Morgan fingerprint density at radius 1 is 1.50 bits per heavy atom. The summed E-state index contributed by atoms with van der Waals surface area (Å²) in [7, 11) is 0. The standard InChI is InChI=1S/C12H15N3O/c1-9-14-5-6-15(9)8-12(16)10-3-2-4-11(13)7-10/h2-7,12,16H,8,13H2,1H3. The lowest BCUT2D eigenvalue weighted by Crippen LogP contribution is -2.09. The molecule has 84 valence electrons. The van der Waals surface area contributed by atoms with E-state index in [9.17, 15) is 5.11 Å². The number of aliphatic hydroxyl groups is 1. The maximum atomic E-state index is 10.0. The van der Waals surface area contributed by atoms with Gasteiger partial charge in [-0.1, -0.05) is 12.1 Å². The molecule has 0 aliphatic rings. The number of benzene rings is 1. The highest BCUT2D eigenvalue weighted by Crippen LogP contribution is 2.17. The van der Waals surface area contributed by atoms with E-state index in [0.29, 0.717) is 12.2 Å². The van der Waals surface area contributed by atoms with Crippen LogP contribution in [0.25, 0.3) is 0 Å². The Hall–Kier alpha value is -1.81. The first-order valence-corrected chi connectivity index (χ1v) is 5.18. The first-order valence-electron chi connectivity index (χ1n) is 5.18. The van der Waals surface area contributed by atoms with Gasteiger partial charge in [0, 0.05) is 18.1 Å². The molecule has 16 heavy (non-hydrogen) atoms. The molecule has 1 aromatic heterocycles. The van der Waals surface area contributed by atoms with Crippen molar-refractivity contribution in [2.75, 3.05) is 5.73 Å². The molecule has 1 atom stereocenters. The van der Waals surface area contributed by atoms with Gasteiger partial charge in [-0.2, -0.15) is 0 Å². The van der Waals surface area contributed by atoms with E-state index in [4.69, 9.17) is 5.73 Å². The van der Waals surface area contributed by atoms with Crippen LogP contribution in [0.2, 0.25) is 0 Å². The van der Waals surface area contributed by atoms with Crippen LogP contribution < -0.4 is 5.73 Å². The molecule has 4 heteroatoms. The Balaban J connectivity index is 2.14. The Labute approximate surface area is 94.4 Å². The Morgan fingerprint density at radius 3 is 2.94 bits per heavy atom. The monoisotopic (exact) mass is 217 g/mol. The maximum absolute atomic E-state index is 10.0. The van der Waals surface area contributed by atoms with Crippen molar-refractivity contribution in [1.29, 1.82) is 0 Å². The SMILES string of the molecule is Cc1nccn1CC(O)c1cccc(N)c1. The molecule has 0 aliphatic heterocycles. The second-order valence-electron chi connectivity index (χ2n) is 3.81. The summed E-state index contributed by atoms with van der Waals surface area (Å²) in [5, 5.41) is 10.0. The molecule has 2 aromatic rings. The average Bonchev–Trinajstić information content (AvgIpc) is 2.64. The molecule has 0 aliphatic carbocycles. The van der Waals surface area contributed by atoms with E-state index in [2.05, 4.69) is 4.98 Å². The van der Waals surface area contributed by atoms with Gasteiger partial charge in [0.1, 0.15) is 5.82 Å². The number of aromatic nitrogens is 2. The predicted octanol–water partition coefficient (Wildman–Crippen LogP) is 1.51. The van der Waals surface area contributed by atoms with Crippen molar-refractivity contribution < 1.29 is 5.11 Å². The average molecular weight is 217 g/mol. The number of nitrogens with zero attached hydrogens (tertiary/aromatic N) is 2. The van der Waals surface area contributed by atoms with Gasteiger partial charge in [-0.15, -0.1) is 0 Å². The number of aryl methyl sites for hydroxylation is 1. The van der Waals surface area contributed by atoms with E-state index in [1.54, 1.807) is 18.3 Å². The maximum Gasteiger partial charge on any atom is 0.105 e. The quantitative estimate of drug-likeness (QED) is 0.766. The molecule has 4 nitrogen and oxygen atoms in total. The summed E-state index contributed by atoms with van der Waals surface area (Å²) in [6.07, 6.45) is 3.02. The number of hydrogen-bond donors (Lipinski definition) is 2. The number of aliphatic hydroxyl groups excluding tert-OH is 1. The van der Waals surface area contributed by atoms with Crippen molar-refractivity contribution in [3.63, 3.8) is 0 Å². The Kier molecular flexibility index (Phi) is 2.92. The molecule has 0 saturated heterocycles. The van der Waals surface area contributed by atoms with E-state index in [-0.39, 0.29) is 0 Å². The fourth-order valence-electron chi connectivity index (χ4n) is 1.65. The molecule has 0 amide bonds. The van der Waals surface area contributed by atoms with Gasteiger partial charge >= 0.3 is 0 Å². The molecule has 0 bridgehead atoms. The van der Waals surface area contributed by atoms with Crippen LogP contribution in [0.5, 0.6) is 0 Å². The van der Waals surface area contributed by atoms with Crippen molar-refractivity contribution in [2.24, 2.45) is 0 Å². The minimum Gasteiger partial charge on any atom is -0.399 e. The first-order chi connectivity index (χ1) is 7.66. The minimum atomic E-state index is -0.559. The normalized spacial score (nSPS) is 12.6. The summed E-state index contributed by atoms with van der Waals surface area (Å²) < 4.78 is 1.91.